The standard InChI is InChI=1S/C19H32N6O6/c1-19(2,3)31-18(30)22-10-15(26)24-14(8-12-9-21-11-23-12)16(27)25-13(17(28)29)6-4-5-7-20/h9,11,13-14H,4-8,10,20H2,1-3H3,(H,21,23)(H,22,30)(H,24,26)(H,25,27)(H,28,29)/t13-,14-/m0/s1. The Kier molecular flexibility index (Phi) is 10.5. The lowest BCUT2D eigenvalue weighted by molar-refractivity contribution is -0.142. The summed E-state index contributed by atoms with van der Waals surface area (Å²) in [5.74, 6) is -2.49. The van der Waals surface area contributed by atoms with Gasteiger partial charge in [0.2, 0.25) is 11.8 Å². The van der Waals surface area contributed by atoms with E-state index in [-0.39, 0.29) is 12.8 Å². The predicted octanol–water partition coefficient (Wildman–Crippen LogP) is -0.340. The first kappa shape index (κ1) is 25.9. The first-order chi connectivity index (χ1) is 14.5. The molecule has 3 amide bonds. The van der Waals surface area contributed by atoms with Crippen molar-refractivity contribution in [2.75, 3.05) is 13.1 Å². The van der Waals surface area contributed by atoms with Gasteiger partial charge in [0.1, 0.15) is 24.2 Å². The van der Waals surface area contributed by atoms with E-state index in [1.807, 2.05) is 0 Å². The number of aliphatic carboxylic acids is 1. The number of carboxylic acid groups (broad SMARTS) is 1. The molecule has 0 aliphatic rings. The number of imidazole rings is 1. The van der Waals surface area contributed by atoms with Crippen molar-refractivity contribution >= 4 is 23.9 Å². The highest BCUT2D eigenvalue weighted by atomic mass is 16.6. The molecular formula is C19H32N6O6. The van der Waals surface area contributed by atoms with Crippen molar-refractivity contribution < 1.29 is 29.0 Å². The fourth-order valence-electron chi connectivity index (χ4n) is 2.56. The number of hydrogen-bond donors (Lipinski definition) is 6. The predicted molar refractivity (Wildman–Crippen MR) is 111 cm³/mol. The van der Waals surface area contributed by atoms with Crippen molar-refractivity contribution in [3.63, 3.8) is 0 Å². The molecule has 7 N–H and O–H groups in total. The van der Waals surface area contributed by atoms with E-state index in [0.29, 0.717) is 25.1 Å². The van der Waals surface area contributed by atoms with E-state index in [2.05, 4.69) is 25.9 Å². The van der Waals surface area contributed by atoms with Crippen molar-refractivity contribution in [2.24, 2.45) is 5.73 Å². The largest absolute Gasteiger partial charge is 0.480 e. The van der Waals surface area contributed by atoms with E-state index in [1.165, 1.54) is 6.33 Å². The minimum Gasteiger partial charge on any atom is -0.480 e. The molecule has 1 rings (SSSR count). The van der Waals surface area contributed by atoms with E-state index in [1.54, 1.807) is 27.0 Å². The van der Waals surface area contributed by atoms with Crippen LogP contribution in [0.15, 0.2) is 12.5 Å². The quantitative estimate of drug-likeness (QED) is 0.238. The van der Waals surface area contributed by atoms with E-state index in [0.717, 1.165) is 0 Å². The Morgan fingerprint density at radius 2 is 1.90 bits per heavy atom. The van der Waals surface area contributed by atoms with Crippen LogP contribution in [0.1, 0.15) is 45.7 Å². The fourth-order valence-corrected chi connectivity index (χ4v) is 2.56. The van der Waals surface area contributed by atoms with Gasteiger partial charge in [-0.25, -0.2) is 14.6 Å². The number of carbonyl (C=O) groups is 4. The van der Waals surface area contributed by atoms with Crippen LogP contribution in [-0.4, -0.2) is 69.7 Å². The molecule has 1 aromatic rings. The molecule has 0 fully saturated rings. The van der Waals surface area contributed by atoms with Crippen molar-refractivity contribution in [2.45, 2.75) is 64.1 Å². The fraction of sp³-hybridized carbons (Fsp3) is 0.632. The maximum atomic E-state index is 12.7. The van der Waals surface area contributed by atoms with Gasteiger partial charge in [0, 0.05) is 12.6 Å². The number of amides is 3. The summed E-state index contributed by atoms with van der Waals surface area (Å²) in [5.41, 5.74) is 5.20. The van der Waals surface area contributed by atoms with Crippen LogP contribution >= 0.6 is 0 Å². The van der Waals surface area contributed by atoms with E-state index in [9.17, 15) is 24.3 Å². The third kappa shape index (κ3) is 11.0. The summed E-state index contributed by atoms with van der Waals surface area (Å²) in [6.07, 6.45) is 3.60. The van der Waals surface area contributed by atoms with Gasteiger partial charge in [-0.1, -0.05) is 0 Å². The molecule has 0 bridgehead atoms. The number of aromatic amines is 1. The molecule has 2 atom stereocenters. The number of nitrogens with two attached hydrogens (primary N) is 1. The maximum Gasteiger partial charge on any atom is 0.408 e. The van der Waals surface area contributed by atoms with Crippen LogP contribution in [0.4, 0.5) is 4.79 Å². The number of alkyl carbamates (subject to hydrolysis) is 1. The molecule has 12 heteroatoms. The Morgan fingerprint density at radius 3 is 2.45 bits per heavy atom. The third-order valence-electron chi connectivity index (χ3n) is 3.97. The lowest BCUT2D eigenvalue weighted by Crippen LogP contribution is -2.54. The Bertz CT molecular complexity index is 731. The summed E-state index contributed by atoms with van der Waals surface area (Å²) in [4.78, 5) is 54.9. The van der Waals surface area contributed by atoms with Crippen molar-refractivity contribution in [1.82, 2.24) is 25.9 Å². The topological polar surface area (TPSA) is 189 Å². The molecule has 0 saturated heterocycles. The number of aromatic nitrogens is 2. The Labute approximate surface area is 180 Å². The smallest absolute Gasteiger partial charge is 0.408 e. The molecule has 1 heterocycles. The molecule has 12 nitrogen and oxygen atoms in total. The first-order valence-corrected chi connectivity index (χ1v) is 9.99. The number of carboxylic acids is 1. The lowest BCUT2D eigenvalue weighted by atomic mass is 10.1. The molecular weight excluding hydrogens is 408 g/mol. The summed E-state index contributed by atoms with van der Waals surface area (Å²) < 4.78 is 5.05. The number of rotatable bonds is 12. The zero-order valence-electron chi connectivity index (χ0n) is 18.1. The third-order valence-corrected chi connectivity index (χ3v) is 3.97. The molecule has 0 unspecified atom stereocenters. The van der Waals surface area contributed by atoms with Gasteiger partial charge < -0.3 is 36.5 Å². The Hall–Kier alpha value is -3.15. The number of nitrogens with one attached hydrogen (secondary N) is 4. The summed E-state index contributed by atoms with van der Waals surface area (Å²) in [5, 5.41) is 16.6. The molecule has 31 heavy (non-hydrogen) atoms. The van der Waals surface area contributed by atoms with Gasteiger partial charge in [0.15, 0.2) is 0 Å². The second-order valence-electron chi connectivity index (χ2n) is 7.92. The number of unbranched alkanes of at least 4 members (excludes halogenated alkanes) is 1. The molecule has 0 spiro atoms. The van der Waals surface area contributed by atoms with Crippen LogP contribution in [0.3, 0.4) is 0 Å². The molecule has 1 aromatic heterocycles. The molecule has 0 aliphatic carbocycles. The monoisotopic (exact) mass is 440 g/mol. The number of carbonyl (C=O) groups excluding carboxylic acids is 3. The van der Waals surface area contributed by atoms with Crippen molar-refractivity contribution in [1.29, 1.82) is 0 Å². The summed E-state index contributed by atoms with van der Waals surface area (Å²) >= 11 is 0. The lowest BCUT2D eigenvalue weighted by Gasteiger charge is -2.22. The molecule has 174 valence electrons. The molecule has 0 aromatic carbocycles. The van der Waals surface area contributed by atoms with E-state index < -0.39 is 48.1 Å². The minimum absolute atomic E-state index is 0.0304. The number of ether oxygens (including phenoxy) is 1. The summed E-state index contributed by atoms with van der Waals surface area (Å²) in [6, 6.07) is -2.20. The number of hydrogen-bond acceptors (Lipinski definition) is 7. The first-order valence-electron chi connectivity index (χ1n) is 9.99. The normalized spacial score (nSPS) is 13.0. The molecule has 0 radical (unpaired) electrons. The van der Waals surface area contributed by atoms with E-state index in [4.69, 9.17) is 10.5 Å². The van der Waals surface area contributed by atoms with Gasteiger partial charge in [-0.05, 0) is 46.6 Å². The SMILES string of the molecule is CC(C)(C)OC(=O)NCC(=O)N[C@@H](Cc1c[nH]cn1)C(=O)N[C@@H](CCCCN)C(=O)O. The zero-order chi connectivity index (χ0) is 23.4. The highest BCUT2D eigenvalue weighted by Gasteiger charge is 2.27. The molecule has 0 aliphatic heterocycles. The van der Waals surface area contributed by atoms with Gasteiger partial charge in [0.05, 0.1) is 12.0 Å². The average molecular weight is 441 g/mol. The second-order valence-corrected chi connectivity index (χ2v) is 7.92. The van der Waals surface area contributed by atoms with Crippen molar-refractivity contribution in [3.8, 4) is 0 Å². The van der Waals surface area contributed by atoms with Gasteiger partial charge in [-0.15, -0.1) is 0 Å². The highest BCUT2D eigenvalue weighted by Crippen LogP contribution is 2.06. The average Bonchev–Trinajstić information content (AvgIpc) is 3.16. The molecule has 0 saturated carbocycles. The number of nitrogens with zero attached hydrogens (tertiary/aromatic N) is 1. The van der Waals surface area contributed by atoms with Crippen molar-refractivity contribution in [3.05, 3.63) is 18.2 Å². The van der Waals surface area contributed by atoms with Crippen LogP contribution in [0.2, 0.25) is 0 Å². The van der Waals surface area contributed by atoms with E-state index >= 15 is 0 Å². The van der Waals surface area contributed by atoms with Gasteiger partial charge >= 0.3 is 12.1 Å². The Balaban J connectivity index is 2.74. The van der Waals surface area contributed by atoms with Crippen LogP contribution in [0.5, 0.6) is 0 Å². The Morgan fingerprint density at radius 1 is 1.19 bits per heavy atom. The van der Waals surface area contributed by atoms with Crippen LogP contribution in [0, 0.1) is 0 Å². The summed E-state index contributed by atoms with van der Waals surface area (Å²) in [7, 11) is 0. The van der Waals surface area contributed by atoms with Gasteiger partial charge in [-0.3, -0.25) is 9.59 Å². The van der Waals surface area contributed by atoms with Gasteiger partial charge in [-0.2, -0.15) is 0 Å². The minimum atomic E-state index is -1.18. The van der Waals surface area contributed by atoms with Crippen LogP contribution in [-0.2, 0) is 25.5 Å². The van der Waals surface area contributed by atoms with Crippen LogP contribution in [0.25, 0.3) is 0 Å². The highest BCUT2D eigenvalue weighted by molar-refractivity contribution is 5.91. The second kappa shape index (κ2) is 12.5. The van der Waals surface area contributed by atoms with Gasteiger partial charge in [0.25, 0.3) is 0 Å². The maximum absolute atomic E-state index is 12.7. The zero-order valence-corrected chi connectivity index (χ0v) is 18.1. The summed E-state index contributed by atoms with van der Waals surface area (Å²) in [6.45, 7) is 5.05. The van der Waals surface area contributed by atoms with Crippen LogP contribution < -0.4 is 21.7 Å². The number of H-pyrrole nitrogens is 1.